The molecule has 0 unspecified atom stereocenters. The quantitative estimate of drug-likeness (QED) is 0.420. The zero-order valence-corrected chi connectivity index (χ0v) is 18.7. The number of carbonyl (C=O) groups is 1. The molecular formula is C22H21ClN6O4. The van der Waals surface area contributed by atoms with Gasteiger partial charge >= 0.3 is 0 Å². The standard InChI is InChI=1S/C22H21ClN6O4/c1-32-17-7-6-14(10-18(17)33-2)8-9-24-19(30)12-28-13-25-21-20(22(28)31)26-27-29(21)16-5-3-4-15(23)11-16/h3-7,10-11,13H,8-9,12H2,1-2H3,(H,24,30). The van der Waals surface area contributed by atoms with Crippen molar-refractivity contribution in [1.29, 1.82) is 0 Å². The van der Waals surface area contributed by atoms with Crippen molar-refractivity contribution in [2.45, 2.75) is 13.0 Å². The summed E-state index contributed by atoms with van der Waals surface area (Å²) >= 11 is 6.03. The van der Waals surface area contributed by atoms with Crippen LogP contribution < -0.4 is 20.3 Å². The summed E-state index contributed by atoms with van der Waals surface area (Å²) in [5.41, 5.74) is 1.50. The molecule has 0 fully saturated rings. The number of nitrogens with zero attached hydrogens (tertiary/aromatic N) is 5. The summed E-state index contributed by atoms with van der Waals surface area (Å²) in [5.74, 6) is 0.943. The fraction of sp³-hybridized carbons (Fsp3) is 0.227. The third-order valence-electron chi connectivity index (χ3n) is 4.98. The Kier molecular flexibility index (Phi) is 6.55. The van der Waals surface area contributed by atoms with Gasteiger partial charge in [-0.15, -0.1) is 5.10 Å². The molecule has 2 aromatic carbocycles. The lowest BCUT2D eigenvalue weighted by Crippen LogP contribution is -2.33. The van der Waals surface area contributed by atoms with Gasteiger partial charge in [-0.05, 0) is 42.3 Å². The summed E-state index contributed by atoms with van der Waals surface area (Å²) in [6.07, 6.45) is 1.90. The molecule has 0 aliphatic heterocycles. The molecule has 0 saturated heterocycles. The lowest BCUT2D eigenvalue weighted by Gasteiger charge is -2.10. The maximum absolute atomic E-state index is 12.8. The van der Waals surface area contributed by atoms with Crippen molar-refractivity contribution in [2.75, 3.05) is 20.8 Å². The maximum Gasteiger partial charge on any atom is 0.284 e. The van der Waals surface area contributed by atoms with E-state index in [0.29, 0.717) is 35.2 Å². The summed E-state index contributed by atoms with van der Waals surface area (Å²) < 4.78 is 13.1. The van der Waals surface area contributed by atoms with E-state index in [1.165, 1.54) is 15.6 Å². The molecule has 1 N–H and O–H groups in total. The SMILES string of the molecule is COc1ccc(CCNC(=O)Cn2cnc3c(nnn3-c3cccc(Cl)c3)c2=O)cc1OC. The zero-order valence-electron chi connectivity index (χ0n) is 18.0. The van der Waals surface area contributed by atoms with Crippen molar-refractivity contribution >= 4 is 28.7 Å². The van der Waals surface area contributed by atoms with Crippen LogP contribution in [0.2, 0.25) is 5.02 Å². The minimum Gasteiger partial charge on any atom is -0.493 e. The van der Waals surface area contributed by atoms with Gasteiger partial charge in [-0.3, -0.25) is 14.2 Å². The van der Waals surface area contributed by atoms with Crippen LogP contribution in [0.15, 0.2) is 53.6 Å². The van der Waals surface area contributed by atoms with Crippen LogP contribution in [0, 0.1) is 0 Å². The molecule has 0 aliphatic carbocycles. The number of rotatable bonds is 8. The van der Waals surface area contributed by atoms with Gasteiger partial charge in [0.2, 0.25) is 5.91 Å². The maximum atomic E-state index is 12.8. The Morgan fingerprint density at radius 3 is 2.70 bits per heavy atom. The molecule has 1 amide bonds. The molecule has 2 aromatic heterocycles. The number of nitrogens with one attached hydrogen (secondary N) is 1. The Morgan fingerprint density at radius 2 is 1.94 bits per heavy atom. The van der Waals surface area contributed by atoms with Crippen molar-refractivity contribution in [3.8, 4) is 17.2 Å². The highest BCUT2D eigenvalue weighted by Crippen LogP contribution is 2.27. The molecular weight excluding hydrogens is 448 g/mol. The molecule has 0 aliphatic rings. The Morgan fingerprint density at radius 1 is 1.12 bits per heavy atom. The predicted molar refractivity (Wildman–Crippen MR) is 122 cm³/mol. The minimum absolute atomic E-state index is 0.0654. The lowest BCUT2D eigenvalue weighted by molar-refractivity contribution is -0.121. The second-order valence-corrected chi connectivity index (χ2v) is 7.56. The van der Waals surface area contributed by atoms with Crippen molar-refractivity contribution < 1.29 is 14.3 Å². The first-order valence-electron chi connectivity index (χ1n) is 10.0. The number of amides is 1. The van der Waals surface area contributed by atoms with Gasteiger partial charge in [0.1, 0.15) is 12.9 Å². The Labute approximate surface area is 193 Å². The first-order chi connectivity index (χ1) is 16.0. The van der Waals surface area contributed by atoms with E-state index in [0.717, 1.165) is 5.56 Å². The highest BCUT2D eigenvalue weighted by molar-refractivity contribution is 6.30. The van der Waals surface area contributed by atoms with Gasteiger partial charge in [-0.2, -0.15) is 4.68 Å². The van der Waals surface area contributed by atoms with Gasteiger partial charge in [-0.1, -0.05) is 28.9 Å². The van der Waals surface area contributed by atoms with E-state index in [9.17, 15) is 9.59 Å². The third-order valence-corrected chi connectivity index (χ3v) is 5.22. The molecule has 0 bridgehead atoms. The van der Waals surface area contributed by atoms with E-state index in [1.54, 1.807) is 38.5 Å². The Hall–Kier alpha value is -3.92. The van der Waals surface area contributed by atoms with Gasteiger partial charge < -0.3 is 14.8 Å². The van der Waals surface area contributed by atoms with Crippen LogP contribution in [0.1, 0.15) is 5.56 Å². The van der Waals surface area contributed by atoms with Crippen LogP contribution in [0.5, 0.6) is 11.5 Å². The average Bonchev–Trinajstić information content (AvgIpc) is 3.26. The monoisotopic (exact) mass is 468 g/mol. The van der Waals surface area contributed by atoms with Crippen LogP contribution in [0.25, 0.3) is 16.9 Å². The minimum atomic E-state index is -0.455. The van der Waals surface area contributed by atoms with Crippen LogP contribution >= 0.6 is 11.6 Å². The molecule has 4 rings (SSSR count). The highest BCUT2D eigenvalue weighted by Gasteiger charge is 2.15. The van der Waals surface area contributed by atoms with Gasteiger partial charge in [0.05, 0.1) is 19.9 Å². The first kappa shape index (κ1) is 22.3. The topological polar surface area (TPSA) is 113 Å². The van der Waals surface area contributed by atoms with Gasteiger partial charge in [0, 0.05) is 11.6 Å². The molecule has 4 aromatic rings. The van der Waals surface area contributed by atoms with E-state index in [4.69, 9.17) is 21.1 Å². The number of methoxy groups -OCH3 is 2. The molecule has 11 heteroatoms. The molecule has 2 heterocycles. The van der Waals surface area contributed by atoms with Crippen LogP contribution in [-0.4, -0.2) is 51.2 Å². The Bertz CT molecular complexity index is 1370. The summed E-state index contributed by atoms with van der Waals surface area (Å²) in [6.45, 7) is 0.210. The van der Waals surface area contributed by atoms with E-state index >= 15 is 0 Å². The molecule has 0 saturated carbocycles. The fourth-order valence-electron chi connectivity index (χ4n) is 3.33. The molecule has 33 heavy (non-hydrogen) atoms. The number of hydrogen-bond donors (Lipinski definition) is 1. The number of ether oxygens (including phenoxy) is 2. The molecule has 170 valence electrons. The van der Waals surface area contributed by atoms with E-state index in [1.807, 2.05) is 18.2 Å². The van der Waals surface area contributed by atoms with Crippen LogP contribution in [0.3, 0.4) is 0 Å². The second kappa shape index (κ2) is 9.70. The third kappa shape index (κ3) is 4.80. The van der Waals surface area contributed by atoms with Crippen molar-refractivity contribution in [3.05, 3.63) is 69.7 Å². The summed E-state index contributed by atoms with van der Waals surface area (Å²) in [6, 6.07) is 12.5. The molecule has 10 nitrogen and oxygen atoms in total. The van der Waals surface area contributed by atoms with E-state index < -0.39 is 5.56 Å². The fourth-order valence-corrected chi connectivity index (χ4v) is 3.52. The van der Waals surface area contributed by atoms with Crippen molar-refractivity contribution in [1.82, 2.24) is 29.9 Å². The number of halogens is 1. The number of benzene rings is 2. The molecule has 0 radical (unpaired) electrons. The molecule has 0 spiro atoms. The smallest absolute Gasteiger partial charge is 0.284 e. The number of carbonyl (C=O) groups excluding carboxylic acids is 1. The second-order valence-electron chi connectivity index (χ2n) is 7.12. The number of aromatic nitrogens is 5. The van der Waals surface area contributed by atoms with Gasteiger partial charge in [-0.25, -0.2) is 4.98 Å². The highest BCUT2D eigenvalue weighted by atomic mass is 35.5. The van der Waals surface area contributed by atoms with Crippen LogP contribution in [-0.2, 0) is 17.8 Å². The average molecular weight is 469 g/mol. The summed E-state index contributed by atoms with van der Waals surface area (Å²) in [5, 5.41) is 11.3. The first-order valence-corrected chi connectivity index (χ1v) is 10.4. The zero-order chi connectivity index (χ0) is 23.4. The lowest BCUT2D eigenvalue weighted by atomic mass is 10.1. The predicted octanol–water partition coefficient (Wildman–Crippen LogP) is 2.01. The van der Waals surface area contributed by atoms with E-state index in [2.05, 4.69) is 20.6 Å². The number of fused-ring (bicyclic) bond motifs is 1. The molecule has 0 atom stereocenters. The van der Waals surface area contributed by atoms with Gasteiger partial charge in [0.25, 0.3) is 5.56 Å². The van der Waals surface area contributed by atoms with Gasteiger partial charge in [0.15, 0.2) is 22.7 Å². The normalized spacial score (nSPS) is 10.9. The summed E-state index contributed by atoms with van der Waals surface area (Å²) in [4.78, 5) is 29.4. The largest absolute Gasteiger partial charge is 0.493 e. The van der Waals surface area contributed by atoms with Crippen molar-refractivity contribution in [2.24, 2.45) is 0 Å². The number of hydrogen-bond acceptors (Lipinski definition) is 7. The van der Waals surface area contributed by atoms with Crippen LogP contribution in [0.4, 0.5) is 0 Å². The van der Waals surface area contributed by atoms with Crippen molar-refractivity contribution in [3.63, 3.8) is 0 Å². The Balaban J connectivity index is 1.42. The summed E-state index contributed by atoms with van der Waals surface area (Å²) in [7, 11) is 3.14. The van der Waals surface area contributed by atoms with E-state index in [-0.39, 0.29) is 23.6 Å².